The Kier molecular flexibility index (Phi) is 6.05. The Balaban J connectivity index is 0.00000116. The van der Waals surface area contributed by atoms with Crippen LogP contribution in [0.5, 0.6) is 5.75 Å². The lowest BCUT2D eigenvalue weighted by atomic mass is 9.91. The first-order chi connectivity index (χ1) is 10.3. The van der Waals surface area contributed by atoms with Crippen molar-refractivity contribution in [2.45, 2.75) is 25.6 Å². The third-order valence-corrected chi connectivity index (χ3v) is 3.61. The summed E-state index contributed by atoms with van der Waals surface area (Å²) < 4.78 is 42.8. The molecule has 22 heavy (non-hydrogen) atoms. The van der Waals surface area contributed by atoms with Crippen molar-refractivity contribution in [1.82, 2.24) is 0 Å². The molecule has 0 radical (unpaired) electrons. The van der Waals surface area contributed by atoms with Crippen molar-refractivity contribution in [3.63, 3.8) is 0 Å². The van der Waals surface area contributed by atoms with Crippen molar-refractivity contribution < 1.29 is 27.8 Å². The Bertz CT molecular complexity index is 600. The minimum atomic E-state index is -2.40. The third kappa shape index (κ3) is 3.63. The largest absolute Gasteiger partial charge is 0.481 e. The van der Waals surface area contributed by atoms with E-state index in [0.717, 1.165) is 17.0 Å². The SMILES string of the molecule is CF.Cc1cc(Br)cc2c1OC(C(C)(F)CF)C(C(=O)O)=C2. The number of carboxylic acid groups (broad SMARTS) is 1. The van der Waals surface area contributed by atoms with Gasteiger partial charge in [-0.2, -0.15) is 0 Å². The summed E-state index contributed by atoms with van der Waals surface area (Å²) in [6, 6.07) is 3.44. The molecule has 1 aromatic carbocycles. The van der Waals surface area contributed by atoms with Crippen LogP contribution in [0.3, 0.4) is 0 Å². The average molecular weight is 381 g/mol. The van der Waals surface area contributed by atoms with E-state index in [1.54, 1.807) is 19.1 Å². The topological polar surface area (TPSA) is 46.5 Å². The number of halogens is 4. The molecule has 1 heterocycles. The second kappa shape index (κ2) is 7.17. The molecule has 0 spiro atoms. The molecular formula is C15H16BrF3O3. The average Bonchev–Trinajstić information content (AvgIpc) is 2.47. The molecule has 2 rings (SSSR count). The van der Waals surface area contributed by atoms with Crippen LogP contribution in [0, 0.1) is 6.92 Å². The van der Waals surface area contributed by atoms with E-state index < -0.39 is 24.4 Å². The Labute approximate surface area is 134 Å². The van der Waals surface area contributed by atoms with Crippen LogP contribution in [0.2, 0.25) is 0 Å². The number of hydrogen-bond acceptors (Lipinski definition) is 2. The Morgan fingerprint density at radius 2 is 2.05 bits per heavy atom. The predicted molar refractivity (Wildman–Crippen MR) is 81.4 cm³/mol. The van der Waals surface area contributed by atoms with E-state index in [4.69, 9.17) is 4.74 Å². The van der Waals surface area contributed by atoms with Gasteiger partial charge in [0.15, 0.2) is 11.8 Å². The van der Waals surface area contributed by atoms with Gasteiger partial charge >= 0.3 is 5.97 Å². The second-order valence-electron chi connectivity index (χ2n) is 4.96. The van der Waals surface area contributed by atoms with Gasteiger partial charge in [-0.3, -0.25) is 4.39 Å². The molecule has 3 nitrogen and oxygen atoms in total. The van der Waals surface area contributed by atoms with Gasteiger partial charge in [0, 0.05) is 10.0 Å². The number of rotatable bonds is 3. The van der Waals surface area contributed by atoms with Gasteiger partial charge in [-0.25, -0.2) is 13.6 Å². The van der Waals surface area contributed by atoms with Gasteiger partial charge in [-0.1, -0.05) is 15.9 Å². The van der Waals surface area contributed by atoms with Crippen LogP contribution in [0.1, 0.15) is 18.1 Å². The second-order valence-corrected chi connectivity index (χ2v) is 5.87. The van der Waals surface area contributed by atoms with E-state index >= 15 is 0 Å². The molecule has 0 amide bonds. The highest BCUT2D eigenvalue weighted by Gasteiger charge is 2.44. The van der Waals surface area contributed by atoms with Crippen LogP contribution < -0.4 is 4.74 Å². The Morgan fingerprint density at radius 1 is 1.45 bits per heavy atom. The van der Waals surface area contributed by atoms with Crippen molar-refractivity contribution in [3.8, 4) is 5.75 Å². The van der Waals surface area contributed by atoms with Crippen molar-refractivity contribution >= 4 is 28.0 Å². The van der Waals surface area contributed by atoms with Gasteiger partial charge in [0.25, 0.3) is 0 Å². The molecule has 1 N–H and O–H groups in total. The van der Waals surface area contributed by atoms with E-state index in [0.29, 0.717) is 18.5 Å². The smallest absolute Gasteiger partial charge is 0.335 e. The summed E-state index contributed by atoms with van der Waals surface area (Å²) in [6.45, 7) is 1.42. The molecule has 0 fully saturated rings. The maximum absolute atomic E-state index is 14.2. The van der Waals surface area contributed by atoms with Gasteiger partial charge in [0.1, 0.15) is 12.4 Å². The fourth-order valence-electron chi connectivity index (χ4n) is 2.14. The Hall–Kier alpha value is -1.50. The summed E-state index contributed by atoms with van der Waals surface area (Å²) in [7, 11) is 0.500. The molecule has 7 heteroatoms. The lowest BCUT2D eigenvalue weighted by Crippen LogP contribution is -2.45. The quantitative estimate of drug-likeness (QED) is 0.851. The molecule has 0 bridgehead atoms. The number of carbonyl (C=O) groups is 1. The lowest BCUT2D eigenvalue weighted by Gasteiger charge is -2.33. The number of carboxylic acids is 1. The van der Waals surface area contributed by atoms with Crippen LogP contribution >= 0.6 is 15.9 Å². The van der Waals surface area contributed by atoms with Gasteiger partial charge in [0.05, 0.1) is 12.8 Å². The molecule has 2 unspecified atom stereocenters. The fourth-order valence-corrected chi connectivity index (χ4v) is 2.73. The summed E-state index contributed by atoms with van der Waals surface area (Å²) in [5.41, 5.74) is -1.45. The molecule has 0 aromatic heterocycles. The van der Waals surface area contributed by atoms with E-state index in [1.807, 2.05) is 0 Å². The summed E-state index contributed by atoms with van der Waals surface area (Å²) in [5, 5.41) is 9.18. The number of hydrogen-bond donors (Lipinski definition) is 1. The van der Waals surface area contributed by atoms with E-state index in [9.17, 15) is 23.1 Å². The molecule has 1 aromatic rings. The zero-order valence-corrected chi connectivity index (χ0v) is 13.9. The molecule has 1 aliphatic heterocycles. The number of ether oxygens (including phenoxy) is 1. The van der Waals surface area contributed by atoms with Gasteiger partial charge in [-0.05, 0) is 37.6 Å². The minimum Gasteiger partial charge on any atom is -0.481 e. The van der Waals surface area contributed by atoms with E-state index in [-0.39, 0.29) is 5.57 Å². The molecule has 1 aliphatic rings. The number of aryl methyl sites for hydroxylation is 1. The minimum absolute atomic E-state index is 0.294. The van der Waals surface area contributed by atoms with Crippen molar-refractivity contribution in [2.75, 3.05) is 13.9 Å². The molecule has 0 aliphatic carbocycles. The normalized spacial score (nSPS) is 18.9. The van der Waals surface area contributed by atoms with Crippen LogP contribution in [0.25, 0.3) is 6.08 Å². The molecule has 122 valence electrons. The maximum atomic E-state index is 14.2. The van der Waals surface area contributed by atoms with Crippen molar-refractivity contribution in [3.05, 3.63) is 33.3 Å². The standard InChI is InChI=1S/C14H13BrF2O3.CH3F/c1-7-3-9(15)4-8-5-10(13(18)19)12(20-11(7)8)14(2,17)6-16;1-2/h3-5,12H,6H2,1-2H3,(H,18,19);1H3. The molecule has 2 atom stereocenters. The van der Waals surface area contributed by atoms with E-state index in [1.165, 1.54) is 6.08 Å². The van der Waals surface area contributed by atoms with Crippen molar-refractivity contribution in [2.24, 2.45) is 0 Å². The van der Waals surface area contributed by atoms with Crippen LogP contribution in [-0.4, -0.2) is 36.7 Å². The number of fused-ring (bicyclic) bond motifs is 1. The molecule has 0 saturated heterocycles. The highest BCUT2D eigenvalue weighted by atomic mass is 79.9. The first-order valence-electron chi connectivity index (χ1n) is 6.30. The maximum Gasteiger partial charge on any atom is 0.335 e. The van der Waals surface area contributed by atoms with Crippen molar-refractivity contribution in [1.29, 1.82) is 0 Å². The molecule has 0 saturated carbocycles. The highest BCUT2D eigenvalue weighted by molar-refractivity contribution is 9.10. The summed E-state index contributed by atoms with van der Waals surface area (Å²) in [5.74, 6) is -0.948. The predicted octanol–water partition coefficient (Wildman–Crippen LogP) is 4.27. The number of alkyl halides is 3. The van der Waals surface area contributed by atoms with Crippen LogP contribution in [0.15, 0.2) is 22.2 Å². The first kappa shape index (κ1) is 18.5. The summed E-state index contributed by atoms with van der Waals surface area (Å²) in [4.78, 5) is 11.3. The highest BCUT2D eigenvalue weighted by Crippen LogP contribution is 2.39. The van der Waals surface area contributed by atoms with Gasteiger partial charge < -0.3 is 9.84 Å². The molecular weight excluding hydrogens is 365 g/mol. The lowest BCUT2D eigenvalue weighted by molar-refractivity contribution is -0.134. The first-order valence-corrected chi connectivity index (χ1v) is 7.10. The van der Waals surface area contributed by atoms with Crippen LogP contribution in [0.4, 0.5) is 13.2 Å². The van der Waals surface area contributed by atoms with E-state index in [2.05, 4.69) is 15.9 Å². The third-order valence-electron chi connectivity index (χ3n) is 3.15. The monoisotopic (exact) mass is 380 g/mol. The summed E-state index contributed by atoms with van der Waals surface area (Å²) in [6.07, 6.45) is -0.144. The van der Waals surface area contributed by atoms with Crippen LogP contribution in [-0.2, 0) is 4.79 Å². The Morgan fingerprint density at radius 3 is 2.55 bits per heavy atom. The van der Waals surface area contributed by atoms with Gasteiger partial charge in [0.2, 0.25) is 0 Å². The zero-order chi connectivity index (χ0) is 17.1. The fraction of sp³-hybridized carbons (Fsp3) is 0.400. The van der Waals surface area contributed by atoms with Gasteiger partial charge in [-0.15, -0.1) is 0 Å². The summed E-state index contributed by atoms with van der Waals surface area (Å²) >= 11 is 3.30. The zero-order valence-electron chi connectivity index (χ0n) is 12.3. The number of benzene rings is 1. The number of aliphatic carboxylic acids is 1.